The summed E-state index contributed by atoms with van der Waals surface area (Å²) in [7, 11) is 0. The Morgan fingerprint density at radius 1 is 1.36 bits per heavy atom. The number of aldehydes is 1. The summed E-state index contributed by atoms with van der Waals surface area (Å²) in [5.41, 5.74) is 1.17. The highest BCUT2D eigenvalue weighted by Gasteiger charge is 2.04. The molecule has 0 saturated heterocycles. The molecule has 0 fully saturated rings. The van der Waals surface area contributed by atoms with Crippen LogP contribution in [-0.4, -0.2) is 6.29 Å². The predicted molar refractivity (Wildman–Crippen MR) is 62.2 cm³/mol. The fraction of sp³-hybridized carbons (Fsp3) is 0.615. The number of carbonyl (C=O) groups excluding carboxylic acids is 1. The average Bonchev–Trinajstić information content (AvgIpc) is 2.14. The monoisotopic (exact) mass is 194 g/mol. The molecule has 0 unspecified atom stereocenters. The molecule has 0 saturated carbocycles. The van der Waals surface area contributed by atoms with Crippen molar-refractivity contribution in [3.8, 4) is 0 Å². The van der Waals surface area contributed by atoms with Gasteiger partial charge in [0.15, 0.2) is 0 Å². The molecule has 0 aromatic carbocycles. The largest absolute Gasteiger partial charge is 0.299 e. The molecule has 0 aromatic heterocycles. The molecule has 0 aliphatic heterocycles. The minimum Gasteiger partial charge on any atom is -0.299 e. The summed E-state index contributed by atoms with van der Waals surface area (Å²) in [6, 6.07) is 0. The van der Waals surface area contributed by atoms with E-state index in [0.717, 1.165) is 12.2 Å². The van der Waals surface area contributed by atoms with Crippen LogP contribution in [0.2, 0.25) is 0 Å². The maximum atomic E-state index is 10.1. The SMILES string of the molecule is CC[C@@H](C)C[C@@H](C)/C=C(C)/C=C/C=O. The van der Waals surface area contributed by atoms with Gasteiger partial charge in [-0.2, -0.15) is 0 Å². The molecule has 0 N–H and O–H groups in total. The van der Waals surface area contributed by atoms with Crippen LogP contribution in [0.5, 0.6) is 0 Å². The van der Waals surface area contributed by atoms with Crippen LogP contribution in [0.1, 0.15) is 40.5 Å². The summed E-state index contributed by atoms with van der Waals surface area (Å²) in [5, 5.41) is 0. The first kappa shape index (κ1) is 13.2. The lowest BCUT2D eigenvalue weighted by molar-refractivity contribution is -0.104. The zero-order valence-corrected chi connectivity index (χ0v) is 9.79. The van der Waals surface area contributed by atoms with Crippen LogP contribution < -0.4 is 0 Å². The van der Waals surface area contributed by atoms with Crippen LogP contribution in [0.25, 0.3) is 0 Å². The van der Waals surface area contributed by atoms with Crippen molar-refractivity contribution in [2.45, 2.75) is 40.5 Å². The minimum atomic E-state index is 0.598. The highest BCUT2D eigenvalue weighted by molar-refractivity contribution is 5.65. The van der Waals surface area contributed by atoms with E-state index in [1.807, 2.05) is 13.0 Å². The first-order valence-corrected chi connectivity index (χ1v) is 5.40. The average molecular weight is 194 g/mol. The van der Waals surface area contributed by atoms with Crippen LogP contribution in [-0.2, 0) is 4.79 Å². The fourth-order valence-electron chi connectivity index (χ4n) is 1.56. The third-order valence-electron chi connectivity index (χ3n) is 2.46. The highest BCUT2D eigenvalue weighted by atomic mass is 16.1. The predicted octanol–water partition coefficient (Wildman–Crippen LogP) is 3.76. The molecule has 80 valence electrons. The lowest BCUT2D eigenvalue weighted by Gasteiger charge is -2.12. The van der Waals surface area contributed by atoms with Gasteiger partial charge in [-0.3, -0.25) is 4.79 Å². The Bertz CT molecular complexity index is 213. The molecule has 0 spiro atoms. The molecule has 1 heteroatoms. The maximum Gasteiger partial charge on any atom is 0.142 e. The van der Waals surface area contributed by atoms with Crippen molar-refractivity contribution in [2.75, 3.05) is 0 Å². The van der Waals surface area contributed by atoms with Crippen LogP contribution in [0.4, 0.5) is 0 Å². The Kier molecular flexibility index (Phi) is 7.09. The number of rotatable bonds is 6. The van der Waals surface area contributed by atoms with E-state index in [-0.39, 0.29) is 0 Å². The molecule has 0 rings (SSSR count). The molecule has 0 radical (unpaired) electrons. The second-order valence-corrected chi connectivity index (χ2v) is 4.13. The van der Waals surface area contributed by atoms with E-state index in [1.54, 1.807) is 6.08 Å². The molecule has 14 heavy (non-hydrogen) atoms. The summed E-state index contributed by atoms with van der Waals surface area (Å²) < 4.78 is 0. The Morgan fingerprint density at radius 2 is 2.00 bits per heavy atom. The van der Waals surface area contributed by atoms with Crippen molar-refractivity contribution >= 4 is 6.29 Å². The van der Waals surface area contributed by atoms with E-state index in [4.69, 9.17) is 0 Å². The smallest absolute Gasteiger partial charge is 0.142 e. The Labute approximate surface area is 87.9 Å². The molecule has 1 nitrogen and oxygen atoms in total. The normalized spacial score (nSPS) is 17.0. The molecule has 0 heterocycles. The van der Waals surface area contributed by atoms with Gasteiger partial charge in [0.1, 0.15) is 6.29 Å². The van der Waals surface area contributed by atoms with Gasteiger partial charge in [0.25, 0.3) is 0 Å². The van der Waals surface area contributed by atoms with Gasteiger partial charge in [-0.05, 0) is 31.3 Å². The van der Waals surface area contributed by atoms with Crippen molar-refractivity contribution in [2.24, 2.45) is 11.8 Å². The van der Waals surface area contributed by atoms with E-state index >= 15 is 0 Å². The fourth-order valence-corrected chi connectivity index (χ4v) is 1.56. The summed E-state index contributed by atoms with van der Waals surface area (Å²) in [5.74, 6) is 1.38. The Morgan fingerprint density at radius 3 is 2.50 bits per heavy atom. The standard InChI is InChI=1S/C13H22O/c1-5-11(2)9-13(4)10-12(3)7-6-8-14/h6-8,10-11,13H,5,9H2,1-4H3/b7-6+,12-10+/t11-,13-/m1/s1. The van der Waals surface area contributed by atoms with Gasteiger partial charge in [-0.15, -0.1) is 0 Å². The van der Waals surface area contributed by atoms with E-state index in [2.05, 4.69) is 26.8 Å². The Balaban J connectivity index is 4.06. The molecular formula is C13H22O. The first-order valence-electron chi connectivity index (χ1n) is 5.40. The van der Waals surface area contributed by atoms with E-state index < -0.39 is 0 Å². The molecular weight excluding hydrogens is 172 g/mol. The zero-order valence-electron chi connectivity index (χ0n) is 9.79. The quantitative estimate of drug-likeness (QED) is 0.357. The van der Waals surface area contributed by atoms with Crippen LogP contribution in [0, 0.1) is 11.8 Å². The first-order chi connectivity index (χ1) is 6.60. The molecule has 0 aromatic rings. The summed E-state index contributed by atoms with van der Waals surface area (Å²) in [6.07, 6.45) is 8.91. The lowest BCUT2D eigenvalue weighted by atomic mass is 9.94. The second kappa shape index (κ2) is 7.54. The van der Waals surface area contributed by atoms with Crippen molar-refractivity contribution in [3.63, 3.8) is 0 Å². The minimum absolute atomic E-state index is 0.598. The summed E-state index contributed by atoms with van der Waals surface area (Å²) in [4.78, 5) is 10.1. The van der Waals surface area contributed by atoms with Gasteiger partial charge >= 0.3 is 0 Å². The topological polar surface area (TPSA) is 17.1 Å². The van der Waals surface area contributed by atoms with E-state index in [9.17, 15) is 4.79 Å². The number of hydrogen-bond donors (Lipinski definition) is 0. The third-order valence-corrected chi connectivity index (χ3v) is 2.46. The number of carbonyl (C=O) groups is 1. The summed E-state index contributed by atoms with van der Waals surface area (Å²) in [6.45, 7) is 8.76. The molecule has 0 aliphatic rings. The maximum absolute atomic E-state index is 10.1. The highest BCUT2D eigenvalue weighted by Crippen LogP contribution is 2.17. The van der Waals surface area contributed by atoms with Gasteiger partial charge in [-0.1, -0.05) is 44.9 Å². The van der Waals surface area contributed by atoms with Crippen LogP contribution in [0.15, 0.2) is 23.8 Å². The third kappa shape index (κ3) is 6.64. The molecule has 0 amide bonds. The second-order valence-electron chi connectivity index (χ2n) is 4.13. The van der Waals surface area contributed by atoms with E-state index in [1.165, 1.54) is 18.4 Å². The van der Waals surface area contributed by atoms with Crippen molar-refractivity contribution in [1.82, 2.24) is 0 Å². The van der Waals surface area contributed by atoms with Gasteiger partial charge in [0, 0.05) is 0 Å². The van der Waals surface area contributed by atoms with Gasteiger partial charge in [0.05, 0.1) is 0 Å². The zero-order chi connectivity index (χ0) is 11.0. The van der Waals surface area contributed by atoms with Crippen molar-refractivity contribution < 1.29 is 4.79 Å². The van der Waals surface area contributed by atoms with Crippen molar-refractivity contribution in [3.05, 3.63) is 23.8 Å². The van der Waals surface area contributed by atoms with Gasteiger partial charge in [0.2, 0.25) is 0 Å². The van der Waals surface area contributed by atoms with Crippen LogP contribution in [0.3, 0.4) is 0 Å². The Hall–Kier alpha value is -0.850. The number of allylic oxidation sites excluding steroid dienone is 4. The number of hydrogen-bond acceptors (Lipinski definition) is 1. The van der Waals surface area contributed by atoms with Crippen molar-refractivity contribution in [1.29, 1.82) is 0 Å². The molecule has 2 atom stereocenters. The van der Waals surface area contributed by atoms with Gasteiger partial charge < -0.3 is 0 Å². The molecule has 0 aliphatic carbocycles. The molecule has 0 bridgehead atoms. The summed E-state index contributed by atoms with van der Waals surface area (Å²) >= 11 is 0. The van der Waals surface area contributed by atoms with E-state index in [0.29, 0.717) is 5.92 Å². The van der Waals surface area contributed by atoms with Crippen LogP contribution >= 0.6 is 0 Å². The van der Waals surface area contributed by atoms with Gasteiger partial charge in [-0.25, -0.2) is 0 Å². The lowest BCUT2D eigenvalue weighted by Crippen LogP contribution is -1.99.